The van der Waals surface area contributed by atoms with Crippen LogP contribution in [-0.4, -0.2) is 0 Å². The third-order valence-electron chi connectivity index (χ3n) is 3.99. The molecule has 1 saturated carbocycles. The minimum Gasteiger partial charge on any atom is -0.0776 e. The lowest BCUT2D eigenvalue weighted by molar-refractivity contribution is 0.0335. The number of hydrogen-bond acceptors (Lipinski definition) is 0. The molecule has 1 fully saturated rings. The van der Waals surface area contributed by atoms with Gasteiger partial charge in [-0.2, -0.15) is 0 Å². The van der Waals surface area contributed by atoms with E-state index in [1.807, 2.05) is 0 Å². The van der Waals surface area contributed by atoms with Gasteiger partial charge in [-0.25, -0.2) is 0 Å². The maximum Gasteiger partial charge on any atom is -0.0332 e. The van der Waals surface area contributed by atoms with Gasteiger partial charge in [0, 0.05) is 0 Å². The van der Waals surface area contributed by atoms with Crippen molar-refractivity contribution in [3.63, 3.8) is 0 Å². The molecular weight excluding hydrogens is 180 g/mol. The topological polar surface area (TPSA) is 0 Å². The largest absolute Gasteiger partial charge is 0.0776 e. The van der Waals surface area contributed by atoms with E-state index in [-0.39, 0.29) is 7.43 Å². The van der Waals surface area contributed by atoms with Crippen LogP contribution in [0.5, 0.6) is 0 Å². The van der Waals surface area contributed by atoms with Crippen LogP contribution in [0.4, 0.5) is 0 Å². The summed E-state index contributed by atoms with van der Waals surface area (Å²) in [6, 6.07) is 0. The molecule has 0 bridgehead atoms. The van der Waals surface area contributed by atoms with Gasteiger partial charge in [-0.05, 0) is 35.5 Å². The highest BCUT2D eigenvalue weighted by Gasteiger charge is 2.39. The van der Waals surface area contributed by atoms with Crippen LogP contribution < -0.4 is 0 Å². The van der Waals surface area contributed by atoms with Gasteiger partial charge in [0.15, 0.2) is 0 Å². The third kappa shape index (κ3) is 3.81. The van der Waals surface area contributed by atoms with Gasteiger partial charge in [-0.1, -0.05) is 61.8 Å². The molecule has 0 nitrogen and oxygen atoms in total. The average molecular weight is 212 g/mol. The highest BCUT2D eigenvalue weighted by Crippen LogP contribution is 2.48. The van der Waals surface area contributed by atoms with Crippen LogP contribution in [-0.2, 0) is 0 Å². The van der Waals surface area contributed by atoms with Crippen molar-refractivity contribution in [3.8, 4) is 0 Å². The van der Waals surface area contributed by atoms with E-state index in [4.69, 9.17) is 0 Å². The Bertz CT molecular complexity index is 155. The molecule has 0 amide bonds. The standard InChI is InChI=1S/C14H28.CH4/c1-13(2,3)11-9-7-8-10-12(11)14(4,5)6;/h11-12H,7-10H2,1-6H3;1H4. The van der Waals surface area contributed by atoms with E-state index in [0.717, 1.165) is 11.8 Å². The smallest absolute Gasteiger partial charge is 0.0332 e. The summed E-state index contributed by atoms with van der Waals surface area (Å²) in [5.74, 6) is 1.85. The maximum absolute atomic E-state index is 2.42. The van der Waals surface area contributed by atoms with Crippen LogP contribution in [0, 0.1) is 22.7 Å². The van der Waals surface area contributed by atoms with Gasteiger partial charge in [-0.3, -0.25) is 0 Å². The van der Waals surface area contributed by atoms with E-state index in [2.05, 4.69) is 41.5 Å². The summed E-state index contributed by atoms with van der Waals surface area (Å²) in [6.07, 6.45) is 5.81. The molecule has 92 valence electrons. The van der Waals surface area contributed by atoms with Crippen LogP contribution in [0.25, 0.3) is 0 Å². The molecule has 0 aliphatic heterocycles. The first-order valence-corrected chi connectivity index (χ1v) is 6.23. The third-order valence-corrected chi connectivity index (χ3v) is 3.99. The SMILES string of the molecule is C.CC(C)(C)C1CCCCC1C(C)(C)C. The summed E-state index contributed by atoms with van der Waals surface area (Å²) in [6.45, 7) is 14.5. The molecule has 1 aliphatic rings. The summed E-state index contributed by atoms with van der Waals surface area (Å²) in [5, 5.41) is 0. The Morgan fingerprint density at radius 3 is 1.13 bits per heavy atom. The van der Waals surface area contributed by atoms with Crippen molar-refractivity contribution < 1.29 is 0 Å². The molecule has 0 saturated heterocycles. The Morgan fingerprint density at radius 2 is 0.933 bits per heavy atom. The van der Waals surface area contributed by atoms with Crippen molar-refractivity contribution in [1.82, 2.24) is 0 Å². The van der Waals surface area contributed by atoms with Crippen LogP contribution in [0.3, 0.4) is 0 Å². The first-order valence-electron chi connectivity index (χ1n) is 6.23. The predicted octanol–water partition coefficient (Wildman–Crippen LogP) is 5.52. The Hall–Kier alpha value is 0. The average Bonchev–Trinajstić information content (AvgIpc) is 2.01. The molecule has 15 heavy (non-hydrogen) atoms. The van der Waals surface area contributed by atoms with Crippen LogP contribution >= 0.6 is 0 Å². The fraction of sp³-hybridized carbons (Fsp3) is 1.00. The van der Waals surface area contributed by atoms with Gasteiger partial charge in [0.05, 0.1) is 0 Å². The first-order chi connectivity index (χ1) is 6.23. The molecule has 0 heterocycles. The zero-order chi connectivity index (χ0) is 11.0. The van der Waals surface area contributed by atoms with Crippen molar-refractivity contribution in [1.29, 1.82) is 0 Å². The van der Waals surface area contributed by atoms with Gasteiger partial charge in [-0.15, -0.1) is 0 Å². The molecule has 0 N–H and O–H groups in total. The van der Waals surface area contributed by atoms with Crippen molar-refractivity contribution in [2.75, 3.05) is 0 Å². The van der Waals surface area contributed by atoms with E-state index < -0.39 is 0 Å². The summed E-state index contributed by atoms with van der Waals surface area (Å²) < 4.78 is 0. The molecule has 0 aromatic rings. The molecule has 0 aromatic carbocycles. The van der Waals surface area contributed by atoms with Crippen LogP contribution in [0.2, 0.25) is 0 Å². The second kappa shape index (κ2) is 4.89. The molecule has 1 rings (SSSR count). The summed E-state index contributed by atoms with van der Waals surface area (Å²) in [4.78, 5) is 0. The highest BCUT2D eigenvalue weighted by molar-refractivity contribution is 4.89. The van der Waals surface area contributed by atoms with E-state index in [9.17, 15) is 0 Å². The van der Waals surface area contributed by atoms with E-state index in [1.54, 1.807) is 0 Å². The van der Waals surface area contributed by atoms with Crippen molar-refractivity contribution in [2.24, 2.45) is 22.7 Å². The predicted molar refractivity (Wildman–Crippen MR) is 71.1 cm³/mol. The summed E-state index contributed by atoms with van der Waals surface area (Å²) >= 11 is 0. The highest BCUT2D eigenvalue weighted by atomic mass is 14.4. The van der Waals surface area contributed by atoms with Crippen molar-refractivity contribution in [2.45, 2.75) is 74.7 Å². The maximum atomic E-state index is 2.42. The molecule has 0 spiro atoms. The van der Waals surface area contributed by atoms with Crippen molar-refractivity contribution >= 4 is 0 Å². The van der Waals surface area contributed by atoms with Gasteiger partial charge in [0.2, 0.25) is 0 Å². The van der Waals surface area contributed by atoms with E-state index in [0.29, 0.717) is 10.8 Å². The normalized spacial score (nSPS) is 28.4. The summed E-state index contributed by atoms with van der Waals surface area (Å²) in [7, 11) is 0. The summed E-state index contributed by atoms with van der Waals surface area (Å²) in [5.41, 5.74) is 0.997. The minimum absolute atomic E-state index is 0. The van der Waals surface area contributed by atoms with Crippen LogP contribution in [0.15, 0.2) is 0 Å². The zero-order valence-electron chi connectivity index (χ0n) is 11.0. The van der Waals surface area contributed by atoms with Gasteiger partial charge in [0.1, 0.15) is 0 Å². The first kappa shape index (κ1) is 15.0. The monoisotopic (exact) mass is 212 g/mol. The molecule has 0 heteroatoms. The lowest BCUT2D eigenvalue weighted by Gasteiger charge is -2.46. The number of rotatable bonds is 0. The Labute approximate surface area is 97.8 Å². The van der Waals surface area contributed by atoms with Gasteiger partial charge < -0.3 is 0 Å². The molecular formula is C15H32. The Balaban J connectivity index is 0.00000196. The zero-order valence-corrected chi connectivity index (χ0v) is 11.0. The molecule has 2 unspecified atom stereocenters. The van der Waals surface area contributed by atoms with Crippen molar-refractivity contribution in [3.05, 3.63) is 0 Å². The number of hydrogen-bond donors (Lipinski definition) is 0. The van der Waals surface area contributed by atoms with Gasteiger partial charge in [0.25, 0.3) is 0 Å². The van der Waals surface area contributed by atoms with E-state index in [1.165, 1.54) is 25.7 Å². The molecule has 0 radical (unpaired) electrons. The molecule has 0 aromatic heterocycles. The van der Waals surface area contributed by atoms with E-state index >= 15 is 0 Å². The minimum atomic E-state index is 0. The van der Waals surface area contributed by atoms with Gasteiger partial charge >= 0.3 is 0 Å². The Morgan fingerprint density at radius 1 is 0.667 bits per heavy atom. The lowest BCUT2D eigenvalue weighted by atomic mass is 9.59. The second-order valence-electron chi connectivity index (χ2n) is 7.23. The molecule has 1 aliphatic carbocycles. The molecule has 2 atom stereocenters. The quantitative estimate of drug-likeness (QED) is 0.496. The van der Waals surface area contributed by atoms with Crippen LogP contribution in [0.1, 0.15) is 74.7 Å². The fourth-order valence-electron chi connectivity index (χ4n) is 3.20. The fourth-order valence-corrected chi connectivity index (χ4v) is 3.20. The second-order valence-corrected chi connectivity index (χ2v) is 7.23. The Kier molecular flexibility index (Phi) is 4.89. The lowest BCUT2D eigenvalue weighted by Crippen LogP contribution is -2.38.